The Balaban J connectivity index is 3.03. The Morgan fingerprint density at radius 2 is 1.95 bits per heavy atom. The molecule has 2 heteroatoms. The molecule has 0 aliphatic heterocycles. The molecule has 1 atom stereocenters. The molecular weight excluding hydrogens is 244 g/mol. The van der Waals surface area contributed by atoms with E-state index in [4.69, 9.17) is 6.42 Å². The molecule has 0 aromatic heterocycles. The highest BCUT2D eigenvalue weighted by Crippen LogP contribution is 2.28. The third-order valence-corrected chi connectivity index (χ3v) is 3.48. The lowest BCUT2D eigenvalue weighted by molar-refractivity contribution is 0.517. The second-order valence-electron chi connectivity index (χ2n) is 5.10. The van der Waals surface area contributed by atoms with Gasteiger partial charge in [-0.05, 0) is 37.4 Å². The van der Waals surface area contributed by atoms with Gasteiger partial charge in [0.25, 0.3) is 0 Å². The second-order valence-corrected chi connectivity index (χ2v) is 5.10. The summed E-state index contributed by atoms with van der Waals surface area (Å²) in [6.45, 7) is 9.36. The summed E-state index contributed by atoms with van der Waals surface area (Å²) < 4.78 is 0. The number of hydrogen-bond donors (Lipinski definition) is 1. The maximum Gasteiger partial charge on any atom is 0.0791 e. The van der Waals surface area contributed by atoms with Crippen LogP contribution in [0, 0.1) is 12.3 Å². The zero-order valence-corrected chi connectivity index (χ0v) is 13.2. The molecule has 0 bridgehead atoms. The molecule has 0 spiro atoms. The molecule has 110 valence electrons. The van der Waals surface area contributed by atoms with Gasteiger partial charge in [-0.1, -0.05) is 44.9 Å². The van der Waals surface area contributed by atoms with Crippen LogP contribution in [0.3, 0.4) is 0 Å². The van der Waals surface area contributed by atoms with Crippen LogP contribution in [0.5, 0.6) is 0 Å². The van der Waals surface area contributed by atoms with E-state index in [1.54, 1.807) is 0 Å². The minimum atomic E-state index is 0.406. The van der Waals surface area contributed by atoms with Crippen LogP contribution in [0.1, 0.15) is 51.6 Å². The highest BCUT2D eigenvalue weighted by Gasteiger charge is 2.15. The maximum atomic E-state index is 5.53. The molecule has 1 aromatic carbocycles. The quantitative estimate of drug-likeness (QED) is 0.684. The predicted octanol–water partition coefficient (Wildman–Crippen LogP) is 3.99. The summed E-state index contributed by atoms with van der Waals surface area (Å²) in [6, 6.07) is 9.05. The second kappa shape index (κ2) is 9.44. The number of para-hydroxylation sites is 1. The lowest BCUT2D eigenvalue weighted by Gasteiger charge is -2.28. The Kier molecular flexibility index (Phi) is 7.84. The van der Waals surface area contributed by atoms with Crippen molar-refractivity contribution in [3.63, 3.8) is 0 Å². The molecule has 1 rings (SSSR count). The van der Waals surface area contributed by atoms with Gasteiger partial charge in [-0.3, -0.25) is 0 Å². The SMILES string of the molecule is C#CCN(CCC)c1ccccc1C(CC)NCCC. The molecule has 0 saturated carbocycles. The Hall–Kier alpha value is -1.46. The van der Waals surface area contributed by atoms with Gasteiger partial charge in [0, 0.05) is 18.3 Å². The van der Waals surface area contributed by atoms with Crippen molar-refractivity contribution in [2.45, 2.75) is 46.1 Å². The van der Waals surface area contributed by atoms with Crippen molar-refractivity contribution in [1.82, 2.24) is 5.32 Å². The molecule has 0 aliphatic rings. The van der Waals surface area contributed by atoms with Gasteiger partial charge in [0.05, 0.1) is 6.54 Å². The van der Waals surface area contributed by atoms with Gasteiger partial charge < -0.3 is 10.2 Å². The molecular formula is C18H28N2. The number of anilines is 1. The van der Waals surface area contributed by atoms with Crippen molar-refractivity contribution in [3.8, 4) is 12.3 Å². The fourth-order valence-electron chi connectivity index (χ4n) is 2.53. The maximum absolute atomic E-state index is 5.53. The average Bonchev–Trinajstić information content (AvgIpc) is 2.48. The van der Waals surface area contributed by atoms with Crippen LogP contribution >= 0.6 is 0 Å². The highest BCUT2D eigenvalue weighted by molar-refractivity contribution is 5.55. The molecule has 0 aliphatic carbocycles. The van der Waals surface area contributed by atoms with Crippen LogP contribution < -0.4 is 10.2 Å². The lowest BCUT2D eigenvalue weighted by Crippen LogP contribution is -2.28. The fourth-order valence-corrected chi connectivity index (χ4v) is 2.53. The van der Waals surface area contributed by atoms with Crippen LogP contribution in [0.25, 0.3) is 0 Å². The molecule has 1 N–H and O–H groups in total. The molecule has 0 radical (unpaired) electrons. The molecule has 2 nitrogen and oxygen atoms in total. The van der Waals surface area contributed by atoms with Crippen molar-refractivity contribution in [2.24, 2.45) is 0 Å². The summed E-state index contributed by atoms with van der Waals surface area (Å²) in [7, 11) is 0. The number of terminal acetylenes is 1. The van der Waals surface area contributed by atoms with Crippen molar-refractivity contribution in [1.29, 1.82) is 0 Å². The minimum absolute atomic E-state index is 0.406. The molecule has 0 heterocycles. The zero-order valence-electron chi connectivity index (χ0n) is 13.2. The topological polar surface area (TPSA) is 15.3 Å². The number of nitrogens with zero attached hydrogens (tertiary/aromatic N) is 1. The molecule has 20 heavy (non-hydrogen) atoms. The van der Waals surface area contributed by atoms with Gasteiger partial charge in [-0.2, -0.15) is 0 Å². The summed E-state index contributed by atoms with van der Waals surface area (Å²) in [5.41, 5.74) is 2.65. The van der Waals surface area contributed by atoms with Crippen LogP contribution in [0.4, 0.5) is 5.69 Å². The first kappa shape index (κ1) is 16.6. The van der Waals surface area contributed by atoms with Gasteiger partial charge in [0.1, 0.15) is 0 Å². The molecule has 0 fully saturated rings. The van der Waals surface area contributed by atoms with E-state index >= 15 is 0 Å². The standard InChI is InChI=1S/C18H28N2/c1-5-13-19-17(8-4)16-11-9-10-12-18(16)20(14-6-2)15-7-3/h2,9-12,17,19H,5,7-8,13-15H2,1,3-4H3. The van der Waals surface area contributed by atoms with Gasteiger partial charge in [0.2, 0.25) is 0 Å². The van der Waals surface area contributed by atoms with E-state index in [-0.39, 0.29) is 0 Å². The van der Waals surface area contributed by atoms with Crippen molar-refractivity contribution in [2.75, 3.05) is 24.5 Å². The molecule has 0 saturated heterocycles. The molecule has 1 aromatic rings. The first-order valence-corrected chi connectivity index (χ1v) is 7.79. The van der Waals surface area contributed by atoms with Crippen LogP contribution in [-0.4, -0.2) is 19.6 Å². The van der Waals surface area contributed by atoms with Crippen LogP contribution in [0.15, 0.2) is 24.3 Å². The monoisotopic (exact) mass is 272 g/mol. The first-order chi connectivity index (χ1) is 9.78. The van der Waals surface area contributed by atoms with E-state index in [0.29, 0.717) is 12.6 Å². The smallest absolute Gasteiger partial charge is 0.0791 e. The zero-order chi connectivity index (χ0) is 14.8. The van der Waals surface area contributed by atoms with E-state index in [1.165, 1.54) is 11.3 Å². The van der Waals surface area contributed by atoms with Gasteiger partial charge in [-0.15, -0.1) is 6.42 Å². The number of nitrogens with one attached hydrogen (secondary N) is 1. The van der Waals surface area contributed by atoms with Crippen molar-refractivity contribution in [3.05, 3.63) is 29.8 Å². The summed E-state index contributed by atoms with van der Waals surface area (Å²) in [6.07, 6.45) is 8.88. The fraction of sp³-hybridized carbons (Fsp3) is 0.556. The lowest BCUT2D eigenvalue weighted by atomic mass is 10.0. The van der Waals surface area contributed by atoms with E-state index in [0.717, 1.165) is 32.4 Å². The summed E-state index contributed by atoms with van der Waals surface area (Å²) >= 11 is 0. The summed E-state index contributed by atoms with van der Waals surface area (Å²) in [4.78, 5) is 2.31. The average molecular weight is 272 g/mol. The van der Waals surface area contributed by atoms with Crippen molar-refractivity contribution >= 4 is 5.69 Å². The Labute approximate surface area is 124 Å². The number of benzene rings is 1. The Morgan fingerprint density at radius 1 is 1.20 bits per heavy atom. The molecule has 0 amide bonds. The normalized spacial score (nSPS) is 11.9. The van der Waals surface area contributed by atoms with Crippen molar-refractivity contribution < 1.29 is 0 Å². The van der Waals surface area contributed by atoms with E-state index in [9.17, 15) is 0 Å². The summed E-state index contributed by atoms with van der Waals surface area (Å²) in [5.74, 6) is 2.78. The predicted molar refractivity (Wildman–Crippen MR) is 89.1 cm³/mol. The first-order valence-electron chi connectivity index (χ1n) is 7.79. The van der Waals surface area contributed by atoms with E-state index in [2.05, 4.69) is 61.2 Å². The van der Waals surface area contributed by atoms with Gasteiger partial charge in [-0.25, -0.2) is 0 Å². The molecule has 1 unspecified atom stereocenters. The Bertz CT molecular complexity index is 420. The van der Waals surface area contributed by atoms with Gasteiger partial charge >= 0.3 is 0 Å². The summed E-state index contributed by atoms with van der Waals surface area (Å²) in [5, 5.41) is 3.64. The van der Waals surface area contributed by atoms with E-state index < -0.39 is 0 Å². The van der Waals surface area contributed by atoms with Crippen LogP contribution in [0.2, 0.25) is 0 Å². The van der Waals surface area contributed by atoms with E-state index in [1.807, 2.05) is 0 Å². The largest absolute Gasteiger partial charge is 0.360 e. The third-order valence-electron chi connectivity index (χ3n) is 3.48. The van der Waals surface area contributed by atoms with Crippen LogP contribution in [-0.2, 0) is 0 Å². The number of hydrogen-bond acceptors (Lipinski definition) is 2. The highest BCUT2D eigenvalue weighted by atomic mass is 15.1. The Morgan fingerprint density at radius 3 is 2.55 bits per heavy atom. The van der Waals surface area contributed by atoms with Gasteiger partial charge in [0.15, 0.2) is 0 Å². The minimum Gasteiger partial charge on any atom is -0.360 e. The third kappa shape index (κ3) is 4.58. The number of rotatable bonds is 9.